The average Bonchev–Trinajstić information content (AvgIpc) is 2.45. The fourth-order valence-corrected chi connectivity index (χ4v) is 2.41. The zero-order valence-corrected chi connectivity index (χ0v) is 10.7. The molecule has 19 heavy (non-hydrogen) atoms. The van der Waals surface area contributed by atoms with Crippen molar-refractivity contribution >= 4 is 5.69 Å². The Kier molecular flexibility index (Phi) is 3.27. The molecule has 0 aromatic heterocycles. The molecule has 98 valence electrons. The third kappa shape index (κ3) is 2.81. The third-order valence-electron chi connectivity index (χ3n) is 3.41. The highest BCUT2D eigenvalue weighted by Crippen LogP contribution is 2.25. The van der Waals surface area contributed by atoms with Crippen molar-refractivity contribution in [2.75, 3.05) is 18.5 Å². The molecular weight excluding hydrogens is 238 g/mol. The summed E-state index contributed by atoms with van der Waals surface area (Å²) in [5, 5.41) is 12.8. The van der Waals surface area contributed by atoms with Crippen LogP contribution in [0.2, 0.25) is 0 Å². The summed E-state index contributed by atoms with van der Waals surface area (Å²) >= 11 is 0. The fourth-order valence-electron chi connectivity index (χ4n) is 2.41. The summed E-state index contributed by atoms with van der Waals surface area (Å²) in [4.78, 5) is 0. The number of fused-ring (bicyclic) bond motifs is 1. The van der Waals surface area contributed by atoms with Crippen molar-refractivity contribution in [3.63, 3.8) is 0 Å². The zero-order chi connectivity index (χ0) is 13.1. The van der Waals surface area contributed by atoms with Gasteiger partial charge in [0.15, 0.2) is 0 Å². The molecule has 2 N–H and O–H groups in total. The molecule has 2 aromatic rings. The SMILES string of the molecule is Oc1cccc(OCC2CNc3ccccc3C2)c1. The Morgan fingerprint density at radius 1 is 1.16 bits per heavy atom. The highest BCUT2D eigenvalue weighted by Gasteiger charge is 2.18. The van der Waals surface area contributed by atoms with Crippen LogP contribution >= 0.6 is 0 Å². The standard InChI is InChI=1S/C16H17NO2/c18-14-5-3-6-15(9-14)19-11-12-8-13-4-1-2-7-16(13)17-10-12/h1-7,9,12,17-18H,8,10-11H2. The smallest absolute Gasteiger partial charge is 0.122 e. The molecule has 0 saturated carbocycles. The number of para-hydroxylation sites is 1. The molecule has 3 nitrogen and oxygen atoms in total. The number of aromatic hydroxyl groups is 1. The Hall–Kier alpha value is -2.16. The summed E-state index contributed by atoms with van der Waals surface area (Å²) in [6, 6.07) is 15.3. The molecule has 1 aliphatic heterocycles. The van der Waals surface area contributed by atoms with E-state index in [2.05, 4.69) is 29.6 Å². The number of ether oxygens (including phenoxy) is 1. The second kappa shape index (κ2) is 5.22. The summed E-state index contributed by atoms with van der Waals surface area (Å²) in [6.45, 7) is 1.58. The van der Waals surface area contributed by atoms with Crippen molar-refractivity contribution in [3.8, 4) is 11.5 Å². The van der Waals surface area contributed by atoms with E-state index < -0.39 is 0 Å². The first kappa shape index (κ1) is 11.9. The second-order valence-corrected chi connectivity index (χ2v) is 4.92. The van der Waals surface area contributed by atoms with Gasteiger partial charge in [0.05, 0.1) is 6.61 Å². The van der Waals surface area contributed by atoms with Crippen molar-refractivity contribution in [2.45, 2.75) is 6.42 Å². The number of hydrogen-bond acceptors (Lipinski definition) is 3. The molecule has 3 heteroatoms. The fraction of sp³-hybridized carbons (Fsp3) is 0.250. The summed E-state index contributed by atoms with van der Waals surface area (Å²) in [7, 11) is 0. The molecule has 0 spiro atoms. The maximum Gasteiger partial charge on any atom is 0.122 e. The lowest BCUT2D eigenvalue weighted by atomic mass is 9.95. The van der Waals surface area contributed by atoms with Crippen LogP contribution in [0.15, 0.2) is 48.5 Å². The van der Waals surface area contributed by atoms with Crippen molar-refractivity contribution in [1.29, 1.82) is 0 Å². The Morgan fingerprint density at radius 3 is 2.95 bits per heavy atom. The van der Waals surface area contributed by atoms with Gasteiger partial charge in [0.25, 0.3) is 0 Å². The van der Waals surface area contributed by atoms with Gasteiger partial charge in [-0.2, -0.15) is 0 Å². The van der Waals surface area contributed by atoms with Gasteiger partial charge in [-0.3, -0.25) is 0 Å². The van der Waals surface area contributed by atoms with E-state index in [0.717, 1.165) is 18.7 Å². The molecule has 2 aromatic carbocycles. The van der Waals surface area contributed by atoms with Gasteiger partial charge in [0.2, 0.25) is 0 Å². The van der Waals surface area contributed by atoms with Crippen molar-refractivity contribution in [3.05, 3.63) is 54.1 Å². The Morgan fingerprint density at radius 2 is 2.05 bits per heavy atom. The lowest BCUT2D eigenvalue weighted by Gasteiger charge is -2.26. The largest absolute Gasteiger partial charge is 0.508 e. The van der Waals surface area contributed by atoms with Crippen LogP contribution in [0.4, 0.5) is 5.69 Å². The molecule has 0 amide bonds. The second-order valence-electron chi connectivity index (χ2n) is 4.92. The molecule has 0 fully saturated rings. The molecule has 1 heterocycles. The van der Waals surface area contributed by atoms with Crippen molar-refractivity contribution < 1.29 is 9.84 Å². The predicted molar refractivity (Wildman–Crippen MR) is 75.7 cm³/mol. The highest BCUT2D eigenvalue weighted by atomic mass is 16.5. The Labute approximate surface area is 112 Å². The number of rotatable bonds is 3. The van der Waals surface area contributed by atoms with Gasteiger partial charge >= 0.3 is 0 Å². The van der Waals surface area contributed by atoms with E-state index in [1.54, 1.807) is 18.2 Å². The van der Waals surface area contributed by atoms with Crippen molar-refractivity contribution in [1.82, 2.24) is 0 Å². The quantitative estimate of drug-likeness (QED) is 0.885. The number of hydrogen-bond donors (Lipinski definition) is 2. The van der Waals surface area contributed by atoms with Gasteiger partial charge in [0.1, 0.15) is 11.5 Å². The van der Waals surface area contributed by atoms with Gasteiger partial charge in [-0.1, -0.05) is 24.3 Å². The summed E-state index contributed by atoms with van der Waals surface area (Å²) < 4.78 is 5.74. The molecule has 0 bridgehead atoms. The van der Waals surface area contributed by atoms with Gasteiger partial charge in [-0.05, 0) is 30.2 Å². The van der Waals surface area contributed by atoms with Crippen LogP contribution in [0.25, 0.3) is 0 Å². The summed E-state index contributed by atoms with van der Waals surface area (Å²) in [5.41, 5.74) is 2.58. The van der Waals surface area contributed by atoms with Gasteiger partial charge in [-0.15, -0.1) is 0 Å². The molecule has 3 rings (SSSR count). The maximum atomic E-state index is 9.39. The van der Waals surface area contributed by atoms with Crippen molar-refractivity contribution in [2.24, 2.45) is 5.92 Å². The van der Waals surface area contributed by atoms with Gasteiger partial charge in [-0.25, -0.2) is 0 Å². The normalized spacial score (nSPS) is 17.4. The molecule has 0 aliphatic carbocycles. The molecule has 1 aliphatic rings. The summed E-state index contributed by atoms with van der Waals surface area (Å²) in [6.07, 6.45) is 1.03. The number of phenolic OH excluding ortho intramolecular Hbond substituents is 1. The van der Waals surface area contributed by atoms with Crippen LogP contribution in [0, 0.1) is 5.92 Å². The minimum Gasteiger partial charge on any atom is -0.508 e. The van der Waals surface area contributed by atoms with Crippen LogP contribution in [0.3, 0.4) is 0 Å². The first-order valence-electron chi connectivity index (χ1n) is 6.55. The molecule has 0 saturated heterocycles. The average molecular weight is 255 g/mol. The van der Waals surface area contributed by atoms with E-state index >= 15 is 0 Å². The van der Waals surface area contributed by atoms with Crippen LogP contribution in [-0.4, -0.2) is 18.3 Å². The predicted octanol–water partition coefficient (Wildman–Crippen LogP) is 3.06. The molecule has 1 unspecified atom stereocenters. The van der Waals surface area contributed by atoms with E-state index in [1.807, 2.05) is 6.07 Å². The maximum absolute atomic E-state index is 9.39. The lowest BCUT2D eigenvalue weighted by molar-refractivity contribution is 0.251. The minimum atomic E-state index is 0.240. The van der Waals surface area contributed by atoms with E-state index in [1.165, 1.54) is 11.3 Å². The van der Waals surface area contributed by atoms with E-state index in [4.69, 9.17) is 4.74 Å². The zero-order valence-electron chi connectivity index (χ0n) is 10.7. The number of nitrogens with one attached hydrogen (secondary N) is 1. The Balaban J connectivity index is 1.61. The van der Waals surface area contributed by atoms with Gasteiger partial charge < -0.3 is 15.2 Å². The van der Waals surface area contributed by atoms with Crippen LogP contribution in [0.1, 0.15) is 5.56 Å². The lowest BCUT2D eigenvalue weighted by Crippen LogP contribution is -2.27. The summed E-state index contributed by atoms with van der Waals surface area (Å²) in [5.74, 6) is 1.42. The van der Waals surface area contributed by atoms with Crippen LogP contribution < -0.4 is 10.1 Å². The van der Waals surface area contributed by atoms with Crippen LogP contribution in [0.5, 0.6) is 11.5 Å². The van der Waals surface area contributed by atoms with E-state index in [9.17, 15) is 5.11 Å². The topological polar surface area (TPSA) is 41.5 Å². The van der Waals surface area contributed by atoms with E-state index in [0.29, 0.717) is 12.5 Å². The third-order valence-corrected chi connectivity index (χ3v) is 3.41. The Bertz CT molecular complexity index is 568. The molecular formula is C16H17NO2. The molecule has 0 radical (unpaired) electrons. The molecule has 1 atom stereocenters. The van der Waals surface area contributed by atoms with E-state index in [-0.39, 0.29) is 5.75 Å². The first-order chi connectivity index (χ1) is 9.31. The minimum absolute atomic E-state index is 0.240. The monoisotopic (exact) mass is 255 g/mol. The number of anilines is 1. The number of benzene rings is 2. The van der Waals surface area contributed by atoms with Gasteiger partial charge in [0, 0.05) is 24.2 Å². The highest BCUT2D eigenvalue weighted by molar-refractivity contribution is 5.53. The number of phenols is 1. The first-order valence-corrected chi connectivity index (χ1v) is 6.55. The van der Waals surface area contributed by atoms with Crippen LogP contribution in [-0.2, 0) is 6.42 Å².